The highest BCUT2D eigenvalue weighted by atomic mass is 16.2. The van der Waals surface area contributed by atoms with Crippen LogP contribution >= 0.6 is 0 Å². The summed E-state index contributed by atoms with van der Waals surface area (Å²) in [4.78, 5) is 30.9. The van der Waals surface area contributed by atoms with Gasteiger partial charge in [0.1, 0.15) is 12.2 Å². The average molecular weight is 353 g/mol. The fraction of sp³-hybridized carbons (Fsp3) is 0.368. The van der Waals surface area contributed by atoms with Gasteiger partial charge in [0.2, 0.25) is 5.91 Å². The Morgan fingerprint density at radius 3 is 2.96 bits per heavy atom. The average Bonchev–Trinajstić information content (AvgIpc) is 3.15. The normalized spacial score (nSPS) is 14.5. The van der Waals surface area contributed by atoms with Gasteiger partial charge in [0.15, 0.2) is 0 Å². The number of hydrogen-bond donors (Lipinski definition) is 1. The first-order valence-corrected chi connectivity index (χ1v) is 8.81. The maximum Gasteiger partial charge on any atom is 0.252 e. The smallest absolute Gasteiger partial charge is 0.252 e. The van der Waals surface area contributed by atoms with Gasteiger partial charge in [-0.2, -0.15) is 5.10 Å². The van der Waals surface area contributed by atoms with Gasteiger partial charge in [-0.3, -0.25) is 9.59 Å². The second kappa shape index (κ2) is 7.51. The molecule has 0 aliphatic carbocycles. The Morgan fingerprint density at radius 1 is 1.42 bits per heavy atom. The predicted octanol–water partition coefficient (Wildman–Crippen LogP) is 2.25. The van der Waals surface area contributed by atoms with Gasteiger partial charge in [0, 0.05) is 24.3 Å². The van der Waals surface area contributed by atoms with Crippen LogP contribution in [0.25, 0.3) is 0 Å². The number of aryl methyl sites for hydroxylation is 1. The summed E-state index contributed by atoms with van der Waals surface area (Å²) in [6.45, 7) is 8.76. The van der Waals surface area contributed by atoms with E-state index < -0.39 is 0 Å². The Bertz CT molecular complexity index is 842. The molecule has 7 heteroatoms. The van der Waals surface area contributed by atoms with Crippen molar-refractivity contribution in [3.05, 3.63) is 54.1 Å². The van der Waals surface area contributed by atoms with E-state index >= 15 is 0 Å². The van der Waals surface area contributed by atoms with Crippen molar-refractivity contribution in [1.29, 1.82) is 0 Å². The number of anilines is 1. The lowest BCUT2D eigenvalue weighted by Gasteiger charge is -2.30. The summed E-state index contributed by atoms with van der Waals surface area (Å²) in [7, 11) is 0. The van der Waals surface area contributed by atoms with Crippen molar-refractivity contribution in [1.82, 2.24) is 20.1 Å². The Labute approximate surface area is 152 Å². The maximum absolute atomic E-state index is 12.9. The number of benzene rings is 1. The molecule has 1 aromatic heterocycles. The Hall–Kier alpha value is -2.96. The SMILES string of the molecule is C=CC(=O)N1CCCc2c(C(=O)NC(C)c3ncnn3CC)cccc21. The summed E-state index contributed by atoms with van der Waals surface area (Å²) >= 11 is 0. The number of amides is 2. The standard InChI is InChI=1S/C19H23N5O2/c1-4-17(25)23-11-7-9-14-15(8-6-10-16(14)23)19(26)22-13(3)18-20-12-21-24(18)5-2/h4,6,8,10,12-13H,1,5,7,9,11H2,2-3H3,(H,22,26). The molecule has 0 spiro atoms. The molecule has 2 aromatic rings. The zero-order chi connectivity index (χ0) is 18.7. The number of rotatable bonds is 5. The van der Waals surface area contributed by atoms with Gasteiger partial charge in [-0.15, -0.1) is 0 Å². The van der Waals surface area contributed by atoms with E-state index in [1.165, 1.54) is 12.4 Å². The fourth-order valence-corrected chi connectivity index (χ4v) is 3.37. The van der Waals surface area contributed by atoms with Crippen LogP contribution < -0.4 is 10.2 Å². The fourth-order valence-electron chi connectivity index (χ4n) is 3.37. The molecule has 136 valence electrons. The zero-order valence-electron chi connectivity index (χ0n) is 15.1. The first-order valence-electron chi connectivity index (χ1n) is 8.81. The number of nitrogens with one attached hydrogen (secondary N) is 1. The van der Waals surface area contributed by atoms with Crippen LogP contribution in [0.2, 0.25) is 0 Å². The largest absolute Gasteiger partial charge is 0.342 e. The van der Waals surface area contributed by atoms with E-state index in [-0.39, 0.29) is 17.9 Å². The lowest BCUT2D eigenvalue weighted by molar-refractivity contribution is -0.114. The molecule has 1 aromatic carbocycles. The van der Waals surface area contributed by atoms with Crippen LogP contribution in [0.4, 0.5) is 5.69 Å². The van der Waals surface area contributed by atoms with Crippen LogP contribution in [0.1, 0.15) is 48.1 Å². The third-order valence-corrected chi connectivity index (χ3v) is 4.62. The van der Waals surface area contributed by atoms with Gasteiger partial charge in [0.05, 0.1) is 6.04 Å². The number of nitrogens with zero attached hydrogens (tertiary/aromatic N) is 4. The third kappa shape index (κ3) is 3.24. The minimum absolute atomic E-state index is 0.145. The van der Waals surface area contributed by atoms with Crippen molar-refractivity contribution in [3.63, 3.8) is 0 Å². The van der Waals surface area contributed by atoms with Gasteiger partial charge < -0.3 is 10.2 Å². The van der Waals surface area contributed by atoms with Crippen molar-refractivity contribution in [2.45, 2.75) is 39.3 Å². The molecule has 1 unspecified atom stereocenters. The van der Waals surface area contributed by atoms with Gasteiger partial charge in [-0.1, -0.05) is 12.6 Å². The Balaban J connectivity index is 1.87. The van der Waals surface area contributed by atoms with Crippen LogP contribution in [0.3, 0.4) is 0 Å². The molecular weight excluding hydrogens is 330 g/mol. The summed E-state index contributed by atoms with van der Waals surface area (Å²) in [5.74, 6) is 0.398. The monoisotopic (exact) mass is 353 g/mol. The molecule has 0 fully saturated rings. The summed E-state index contributed by atoms with van der Waals surface area (Å²) in [5, 5.41) is 7.14. The van der Waals surface area contributed by atoms with Crippen LogP contribution in [-0.2, 0) is 17.8 Å². The van der Waals surface area contributed by atoms with Gasteiger partial charge in [-0.05, 0) is 50.5 Å². The molecule has 1 aliphatic heterocycles. The highest BCUT2D eigenvalue weighted by molar-refractivity contribution is 6.04. The van der Waals surface area contributed by atoms with E-state index in [4.69, 9.17) is 0 Å². The number of carbonyl (C=O) groups is 2. The minimum Gasteiger partial charge on any atom is -0.342 e. The molecule has 3 rings (SSSR count). The van der Waals surface area contributed by atoms with E-state index in [9.17, 15) is 9.59 Å². The molecule has 7 nitrogen and oxygen atoms in total. The third-order valence-electron chi connectivity index (χ3n) is 4.62. The molecule has 2 amide bonds. The van der Waals surface area contributed by atoms with Gasteiger partial charge in [0.25, 0.3) is 5.91 Å². The number of hydrogen-bond acceptors (Lipinski definition) is 4. The van der Waals surface area contributed by atoms with Gasteiger partial charge >= 0.3 is 0 Å². The van der Waals surface area contributed by atoms with E-state index in [0.29, 0.717) is 24.5 Å². The number of fused-ring (bicyclic) bond motifs is 1. The van der Waals surface area contributed by atoms with Crippen molar-refractivity contribution in [2.24, 2.45) is 0 Å². The summed E-state index contributed by atoms with van der Waals surface area (Å²) in [6.07, 6.45) is 4.38. The zero-order valence-corrected chi connectivity index (χ0v) is 15.1. The highest BCUT2D eigenvalue weighted by Crippen LogP contribution is 2.30. The molecule has 0 radical (unpaired) electrons. The molecule has 1 N–H and O–H groups in total. The summed E-state index contributed by atoms with van der Waals surface area (Å²) in [6, 6.07) is 5.22. The van der Waals surface area contributed by atoms with Crippen LogP contribution in [0, 0.1) is 0 Å². The second-order valence-corrected chi connectivity index (χ2v) is 6.23. The highest BCUT2D eigenvalue weighted by Gasteiger charge is 2.26. The van der Waals surface area contributed by atoms with Crippen molar-refractivity contribution >= 4 is 17.5 Å². The molecule has 0 saturated heterocycles. The van der Waals surface area contributed by atoms with Crippen molar-refractivity contribution in [3.8, 4) is 0 Å². The summed E-state index contributed by atoms with van der Waals surface area (Å²) in [5.41, 5.74) is 2.28. The van der Waals surface area contributed by atoms with E-state index in [1.807, 2.05) is 26.0 Å². The Morgan fingerprint density at radius 2 is 2.23 bits per heavy atom. The second-order valence-electron chi connectivity index (χ2n) is 6.23. The van der Waals surface area contributed by atoms with Crippen molar-refractivity contribution in [2.75, 3.05) is 11.4 Å². The topological polar surface area (TPSA) is 80.1 Å². The molecule has 1 atom stereocenters. The Kier molecular flexibility index (Phi) is 5.16. The molecule has 1 aliphatic rings. The molecular formula is C19H23N5O2. The molecule has 2 heterocycles. The van der Waals surface area contributed by atoms with Crippen LogP contribution in [0.5, 0.6) is 0 Å². The van der Waals surface area contributed by atoms with Crippen LogP contribution in [-0.4, -0.2) is 33.1 Å². The van der Waals surface area contributed by atoms with E-state index in [1.54, 1.807) is 15.6 Å². The predicted molar refractivity (Wildman–Crippen MR) is 98.9 cm³/mol. The van der Waals surface area contributed by atoms with Crippen LogP contribution in [0.15, 0.2) is 37.2 Å². The van der Waals surface area contributed by atoms with E-state index in [2.05, 4.69) is 22.0 Å². The lowest BCUT2D eigenvalue weighted by atomic mass is 9.95. The molecule has 0 saturated carbocycles. The van der Waals surface area contributed by atoms with E-state index in [0.717, 1.165) is 24.1 Å². The minimum atomic E-state index is -0.268. The van der Waals surface area contributed by atoms with Crippen molar-refractivity contribution < 1.29 is 9.59 Å². The molecule has 0 bridgehead atoms. The van der Waals surface area contributed by atoms with Gasteiger partial charge in [-0.25, -0.2) is 9.67 Å². The molecule has 26 heavy (non-hydrogen) atoms. The maximum atomic E-state index is 12.9. The quantitative estimate of drug-likeness (QED) is 0.836. The first kappa shape index (κ1) is 17.8. The number of aromatic nitrogens is 3. The summed E-state index contributed by atoms with van der Waals surface area (Å²) < 4.78 is 1.76. The number of carbonyl (C=O) groups excluding carboxylic acids is 2. The first-order chi connectivity index (χ1) is 12.6. The lowest BCUT2D eigenvalue weighted by Crippen LogP contribution is -2.36.